The molecule has 0 aliphatic heterocycles. The highest BCUT2D eigenvalue weighted by Gasteiger charge is 1.98. The van der Waals surface area contributed by atoms with Crippen LogP contribution in [-0.2, 0) is 0 Å². The Morgan fingerprint density at radius 1 is 1.39 bits per heavy atom. The molecule has 18 heavy (non-hydrogen) atoms. The first-order chi connectivity index (χ1) is 8.49. The summed E-state index contributed by atoms with van der Waals surface area (Å²) in [7, 11) is 0. The molecule has 96 valence electrons. The van der Waals surface area contributed by atoms with Gasteiger partial charge in [-0.3, -0.25) is 0 Å². The van der Waals surface area contributed by atoms with Crippen LogP contribution in [0.1, 0.15) is 19.4 Å². The predicted molar refractivity (Wildman–Crippen MR) is 87.5 cm³/mol. The standard InChI is InChI=1S/C14H18IN3/c1-10(2)17-11(3)18-14(15)9-13(16)12-7-5-4-6-8-12/h4-10,17H,3,16H2,1-2H3/b13-9-,18-14?. The molecule has 3 N–H and O–H groups in total. The van der Waals surface area contributed by atoms with Crippen LogP contribution >= 0.6 is 22.6 Å². The Morgan fingerprint density at radius 3 is 2.56 bits per heavy atom. The third kappa shape index (κ3) is 5.35. The van der Waals surface area contributed by atoms with Crippen LogP contribution in [0.3, 0.4) is 0 Å². The molecule has 4 heteroatoms. The van der Waals surface area contributed by atoms with Gasteiger partial charge in [0.15, 0.2) is 0 Å². The number of hydrogen-bond acceptors (Lipinski definition) is 3. The first-order valence-corrected chi connectivity index (χ1v) is 6.79. The molecule has 0 unspecified atom stereocenters. The second kappa shape index (κ2) is 7.20. The van der Waals surface area contributed by atoms with Crippen molar-refractivity contribution in [1.82, 2.24) is 5.32 Å². The molecule has 0 spiro atoms. The topological polar surface area (TPSA) is 50.4 Å². The third-order valence-corrected chi connectivity index (χ3v) is 2.63. The smallest absolute Gasteiger partial charge is 0.120 e. The molecule has 0 heterocycles. The van der Waals surface area contributed by atoms with Gasteiger partial charge in [0.05, 0.1) is 0 Å². The number of halogens is 1. The van der Waals surface area contributed by atoms with Crippen molar-refractivity contribution in [3.05, 3.63) is 54.4 Å². The van der Waals surface area contributed by atoms with Gasteiger partial charge in [-0.1, -0.05) is 36.9 Å². The van der Waals surface area contributed by atoms with Gasteiger partial charge in [0.25, 0.3) is 0 Å². The van der Waals surface area contributed by atoms with Crippen LogP contribution in [0.4, 0.5) is 0 Å². The number of nitrogens with two attached hydrogens (primary N) is 1. The van der Waals surface area contributed by atoms with E-state index >= 15 is 0 Å². The number of nitrogens with one attached hydrogen (secondary N) is 1. The van der Waals surface area contributed by atoms with Crippen molar-refractivity contribution in [2.75, 3.05) is 0 Å². The number of benzene rings is 1. The average molecular weight is 355 g/mol. The van der Waals surface area contributed by atoms with Crippen LogP contribution < -0.4 is 11.1 Å². The van der Waals surface area contributed by atoms with Crippen molar-refractivity contribution < 1.29 is 0 Å². The summed E-state index contributed by atoms with van der Waals surface area (Å²) < 4.78 is 0.798. The lowest BCUT2D eigenvalue weighted by molar-refractivity contribution is 0.666. The van der Waals surface area contributed by atoms with E-state index < -0.39 is 0 Å². The van der Waals surface area contributed by atoms with Gasteiger partial charge in [0, 0.05) is 11.7 Å². The molecule has 0 radical (unpaired) electrons. The molecule has 0 aromatic heterocycles. The van der Waals surface area contributed by atoms with E-state index in [4.69, 9.17) is 5.73 Å². The van der Waals surface area contributed by atoms with Crippen molar-refractivity contribution in [3.8, 4) is 0 Å². The van der Waals surface area contributed by atoms with Crippen molar-refractivity contribution >= 4 is 32.0 Å². The summed E-state index contributed by atoms with van der Waals surface area (Å²) in [6, 6.07) is 10.1. The molecule has 0 fully saturated rings. The minimum absolute atomic E-state index is 0.320. The average Bonchev–Trinajstić information content (AvgIpc) is 2.28. The Kier molecular flexibility index (Phi) is 5.91. The summed E-state index contributed by atoms with van der Waals surface area (Å²) in [5, 5.41) is 3.13. The van der Waals surface area contributed by atoms with Crippen molar-refractivity contribution in [3.63, 3.8) is 0 Å². The van der Waals surface area contributed by atoms with Gasteiger partial charge < -0.3 is 11.1 Å². The van der Waals surface area contributed by atoms with Gasteiger partial charge in [-0.2, -0.15) is 0 Å². The van der Waals surface area contributed by atoms with Crippen LogP contribution in [0.25, 0.3) is 5.70 Å². The molecule has 0 saturated heterocycles. The molecule has 0 amide bonds. The monoisotopic (exact) mass is 355 g/mol. The highest BCUT2D eigenvalue weighted by atomic mass is 127. The SMILES string of the molecule is C=C(N=C(I)/C=C(\N)c1ccccc1)NC(C)C. The summed E-state index contributed by atoms with van der Waals surface area (Å²) in [6.07, 6.45) is 1.84. The van der Waals surface area contributed by atoms with Crippen molar-refractivity contribution in [2.45, 2.75) is 19.9 Å². The highest BCUT2D eigenvalue weighted by Crippen LogP contribution is 2.10. The minimum atomic E-state index is 0.320. The summed E-state index contributed by atoms with van der Waals surface area (Å²) >= 11 is 2.14. The zero-order valence-electron chi connectivity index (χ0n) is 10.7. The van der Waals surface area contributed by atoms with E-state index in [0.29, 0.717) is 17.6 Å². The molecule has 0 aliphatic rings. The number of nitrogens with zero attached hydrogens (tertiary/aromatic N) is 1. The Bertz CT molecular complexity index is 461. The van der Waals surface area contributed by atoms with Gasteiger partial charge in [0.2, 0.25) is 0 Å². The molecule has 0 bridgehead atoms. The van der Waals surface area contributed by atoms with E-state index in [-0.39, 0.29) is 0 Å². The van der Waals surface area contributed by atoms with Crippen LogP contribution in [0.15, 0.2) is 53.8 Å². The molecular formula is C14H18IN3. The molecule has 1 aromatic carbocycles. The molecular weight excluding hydrogens is 337 g/mol. The van der Waals surface area contributed by atoms with E-state index in [1.54, 1.807) is 0 Å². The first kappa shape index (κ1) is 14.8. The lowest BCUT2D eigenvalue weighted by atomic mass is 10.1. The molecule has 0 saturated carbocycles. The Labute approximate surface area is 122 Å². The summed E-state index contributed by atoms with van der Waals surface area (Å²) in [4.78, 5) is 4.32. The fraction of sp³-hybridized carbons (Fsp3) is 0.214. The summed E-state index contributed by atoms with van der Waals surface area (Å²) in [5.41, 5.74) is 7.68. The van der Waals surface area contributed by atoms with Gasteiger partial charge in [0.1, 0.15) is 9.54 Å². The first-order valence-electron chi connectivity index (χ1n) is 5.71. The van der Waals surface area contributed by atoms with Crippen LogP contribution in [0.2, 0.25) is 0 Å². The molecule has 3 nitrogen and oxygen atoms in total. The van der Waals surface area contributed by atoms with E-state index in [2.05, 4.69) is 39.5 Å². The Balaban J connectivity index is 2.77. The van der Waals surface area contributed by atoms with Crippen molar-refractivity contribution in [1.29, 1.82) is 0 Å². The zero-order valence-corrected chi connectivity index (χ0v) is 12.8. The number of allylic oxidation sites excluding steroid dienone is 1. The van der Waals surface area contributed by atoms with Gasteiger partial charge in [-0.15, -0.1) is 0 Å². The van der Waals surface area contributed by atoms with Gasteiger partial charge >= 0.3 is 0 Å². The number of aliphatic imine (C=N–C) groups is 1. The van der Waals surface area contributed by atoms with Gasteiger partial charge in [-0.05, 0) is 48.1 Å². The number of hydrogen-bond donors (Lipinski definition) is 2. The molecule has 1 rings (SSSR count). The van der Waals surface area contributed by atoms with Crippen LogP contribution in [0.5, 0.6) is 0 Å². The lowest BCUT2D eigenvalue weighted by Crippen LogP contribution is -2.20. The fourth-order valence-corrected chi connectivity index (χ4v) is 2.00. The predicted octanol–water partition coefficient (Wildman–Crippen LogP) is 3.29. The van der Waals surface area contributed by atoms with E-state index in [9.17, 15) is 0 Å². The Hall–Kier alpha value is -1.30. The highest BCUT2D eigenvalue weighted by molar-refractivity contribution is 14.1. The largest absolute Gasteiger partial charge is 0.398 e. The summed E-state index contributed by atoms with van der Waals surface area (Å²) in [6.45, 7) is 7.93. The molecule has 0 aliphatic carbocycles. The maximum absolute atomic E-state index is 6.00. The summed E-state index contributed by atoms with van der Waals surface area (Å²) in [5.74, 6) is 0.645. The second-order valence-corrected chi connectivity index (χ2v) is 5.25. The lowest BCUT2D eigenvalue weighted by Gasteiger charge is -2.08. The van der Waals surface area contributed by atoms with Crippen LogP contribution in [0, 0.1) is 0 Å². The third-order valence-electron chi connectivity index (χ3n) is 2.08. The normalized spacial score (nSPS) is 12.7. The van der Waals surface area contributed by atoms with E-state index in [1.807, 2.05) is 50.3 Å². The fourth-order valence-electron chi connectivity index (χ4n) is 1.37. The van der Waals surface area contributed by atoms with E-state index in [1.165, 1.54) is 0 Å². The quantitative estimate of drug-likeness (QED) is 0.629. The minimum Gasteiger partial charge on any atom is -0.398 e. The second-order valence-electron chi connectivity index (χ2n) is 4.15. The van der Waals surface area contributed by atoms with Crippen molar-refractivity contribution in [2.24, 2.45) is 10.7 Å². The maximum atomic E-state index is 6.00. The zero-order chi connectivity index (χ0) is 13.5. The Morgan fingerprint density at radius 2 is 2.00 bits per heavy atom. The number of rotatable bonds is 5. The van der Waals surface area contributed by atoms with Crippen LogP contribution in [-0.4, -0.2) is 9.76 Å². The van der Waals surface area contributed by atoms with Gasteiger partial charge in [-0.25, -0.2) is 4.99 Å². The molecule has 1 aromatic rings. The molecule has 0 atom stereocenters. The maximum Gasteiger partial charge on any atom is 0.120 e. The van der Waals surface area contributed by atoms with E-state index in [0.717, 1.165) is 9.28 Å².